The molecule has 4 rings (SSSR count). The zero-order valence-corrected chi connectivity index (χ0v) is 19.0. The lowest BCUT2D eigenvalue weighted by molar-refractivity contribution is 0.572. The maximum absolute atomic E-state index is 13.3. The minimum Gasteiger partial charge on any atom is -0.299 e. The van der Waals surface area contributed by atoms with Gasteiger partial charge in [-0.1, -0.05) is 78.4 Å². The highest BCUT2D eigenvalue weighted by Crippen LogP contribution is 2.27. The number of hydrogen-bond acceptors (Lipinski definition) is 4. The Balaban J connectivity index is 1.74. The average molecular weight is 453 g/mol. The first-order valence-electron chi connectivity index (χ1n) is 10.2. The number of nitrogens with one attached hydrogen (secondary N) is 1. The van der Waals surface area contributed by atoms with Crippen LogP contribution in [-0.2, 0) is 16.6 Å². The van der Waals surface area contributed by atoms with Crippen LogP contribution in [-0.4, -0.2) is 13.0 Å². The molecule has 0 saturated heterocycles. The molecule has 0 aliphatic carbocycles. The van der Waals surface area contributed by atoms with E-state index < -0.39 is 16.1 Å². The molecule has 31 heavy (non-hydrogen) atoms. The number of fused-ring (bicyclic) bond motifs is 1. The molecule has 160 valence electrons. The summed E-state index contributed by atoms with van der Waals surface area (Å²) < 4.78 is 31.9. The molecular weight excluding hydrogens is 428 g/mol. The van der Waals surface area contributed by atoms with Crippen LogP contribution in [0.3, 0.4) is 0 Å². The van der Waals surface area contributed by atoms with Gasteiger partial charge in [-0.25, -0.2) is 8.42 Å². The Morgan fingerprint density at radius 2 is 1.65 bits per heavy atom. The number of sulfonamides is 1. The highest BCUT2D eigenvalue weighted by atomic mass is 32.2. The van der Waals surface area contributed by atoms with E-state index in [0.717, 1.165) is 40.0 Å². The first-order valence-corrected chi connectivity index (χ1v) is 12.5. The summed E-state index contributed by atoms with van der Waals surface area (Å²) >= 11 is 1.08. The van der Waals surface area contributed by atoms with Crippen molar-refractivity contribution in [2.45, 2.75) is 37.8 Å². The van der Waals surface area contributed by atoms with Gasteiger partial charge in [0.05, 0.1) is 21.2 Å². The number of nitrogens with zero attached hydrogens (tertiary/aromatic N) is 1. The van der Waals surface area contributed by atoms with Gasteiger partial charge in [-0.2, -0.15) is 4.72 Å². The van der Waals surface area contributed by atoms with Crippen molar-refractivity contribution in [3.63, 3.8) is 0 Å². The predicted molar refractivity (Wildman–Crippen MR) is 126 cm³/mol. The van der Waals surface area contributed by atoms with Crippen molar-refractivity contribution < 1.29 is 8.42 Å². The molecule has 4 aromatic rings. The van der Waals surface area contributed by atoms with E-state index in [1.165, 1.54) is 0 Å². The number of aryl methyl sites for hydroxylation is 2. The Labute approximate surface area is 186 Å². The minimum atomic E-state index is -3.83. The lowest BCUT2D eigenvalue weighted by atomic mass is 9.99. The largest absolute Gasteiger partial charge is 0.308 e. The topological polar surface area (TPSA) is 68.2 Å². The van der Waals surface area contributed by atoms with Crippen molar-refractivity contribution in [1.82, 2.24) is 9.29 Å². The van der Waals surface area contributed by atoms with Crippen molar-refractivity contribution in [2.75, 3.05) is 0 Å². The maximum atomic E-state index is 13.3. The monoisotopic (exact) mass is 452 g/mol. The van der Waals surface area contributed by atoms with E-state index in [2.05, 4.69) is 4.72 Å². The third-order valence-corrected chi connectivity index (χ3v) is 7.58. The van der Waals surface area contributed by atoms with Gasteiger partial charge in [0, 0.05) is 6.54 Å². The highest BCUT2D eigenvalue weighted by molar-refractivity contribution is 7.89. The van der Waals surface area contributed by atoms with E-state index in [-0.39, 0.29) is 9.77 Å². The van der Waals surface area contributed by atoms with Crippen LogP contribution in [0.25, 0.3) is 10.2 Å². The number of benzene rings is 3. The molecule has 0 bridgehead atoms. The summed E-state index contributed by atoms with van der Waals surface area (Å²) in [4.78, 5) is 12.4. The molecule has 1 aromatic heterocycles. The Kier molecular flexibility index (Phi) is 6.09. The van der Waals surface area contributed by atoms with Gasteiger partial charge < -0.3 is 0 Å². The quantitative estimate of drug-likeness (QED) is 0.436. The lowest BCUT2D eigenvalue weighted by Gasteiger charge is -2.20. The molecule has 1 N–H and O–H groups in total. The van der Waals surface area contributed by atoms with E-state index in [0.29, 0.717) is 11.2 Å². The van der Waals surface area contributed by atoms with Crippen molar-refractivity contribution in [3.05, 3.63) is 99.2 Å². The molecule has 5 nitrogen and oxygen atoms in total. The van der Waals surface area contributed by atoms with Gasteiger partial charge in [0.2, 0.25) is 10.0 Å². The Hall–Kier alpha value is -2.74. The van der Waals surface area contributed by atoms with Gasteiger partial charge in [-0.15, -0.1) is 0 Å². The van der Waals surface area contributed by atoms with Gasteiger partial charge in [0.15, 0.2) is 0 Å². The second-order valence-electron chi connectivity index (χ2n) is 7.52. The maximum Gasteiger partial charge on any atom is 0.308 e. The smallest absolute Gasteiger partial charge is 0.299 e. The van der Waals surface area contributed by atoms with E-state index in [4.69, 9.17) is 0 Å². The standard InChI is InChI=1S/C24H24N2O3S2/c1-3-15-26-21-14-13-20(16-22(21)30-24(26)27)31(28,29)25-23(18-7-5-4-6-8-18)19-11-9-17(2)10-12-19/h4-14,16,23,25H,3,15H2,1-2H3/t23-/m1/s1. The predicted octanol–water partition coefficient (Wildman–Crippen LogP) is 4.85. The molecule has 3 aromatic carbocycles. The van der Waals surface area contributed by atoms with Gasteiger partial charge in [-0.3, -0.25) is 9.36 Å². The van der Waals surface area contributed by atoms with Crippen LogP contribution in [0, 0.1) is 6.92 Å². The third kappa shape index (κ3) is 4.49. The van der Waals surface area contributed by atoms with E-state index in [1.54, 1.807) is 22.8 Å². The lowest BCUT2D eigenvalue weighted by Crippen LogP contribution is -2.29. The van der Waals surface area contributed by atoms with Crippen LogP contribution in [0.15, 0.2) is 82.5 Å². The van der Waals surface area contributed by atoms with E-state index in [1.807, 2.05) is 68.4 Å². The third-order valence-electron chi connectivity index (χ3n) is 5.21. The first-order chi connectivity index (χ1) is 14.9. The van der Waals surface area contributed by atoms with Gasteiger partial charge in [0.25, 0.3) is 0 Å². The summed E-state index contributed by atoms with van der Waals surface area (Å²) in [5.41, 5.74) is 3.60. The van der Waals surface area contributed by atoms with Crippen LogP contribution >= 0.6 is 11.3 Å². The fourth-order valence-electron chi connectivity index (χ4n) is 3.61. The molecule has 0 saturated carbocycles. The van der Waals surface area contributed by atoms with E-state index in [9.17, 15) is 13.2 Å². The average Bonchev–Trinajstić information content (AvgIpc) is 3.08. The van der Waals surface area contributed by atoms with Crippen LogP contribution in [0.5, 0.6) is 0 Å². The van der Waals surface area contributed by atoms with Crippen LogP contribution in [0.1, 0.15) is 36.1 Å². The summed E-state index contributed by atoms with van der Waals surface area (Å²) in [7, 11) is -3.83. The van der Waals surface area contributed by atoms with Gasteiger partial charge in [-0.05, 0) is 42.7 Å². The Morgan fingerprint density at radius 3 is 2.32 bits per heavy atom. The second-order valence-corrected chi connectivity index (χ2v) is 10.2. The van der Waals surface area contributed by atoms with Crippen LogP contribution < -0.4 is 9.60 Å². The Bertz CT molecular complexity index is 1360. The molecule has 0 aliphatic heterocycles. The molecule has 0 radical (unpaired) electrons. The molecule has 0 amide bonds. The van der Waals surface area contributed by atoms with Crippen molar-refractivity contribution in [1.29, 1.82) is 0 Å². The van der Waals surface area contributed by atoms with Crippen molar-refractivity contribution >= 4 is 31.6 Å². The van der Waals surface area contributed by atoms with Crippen molar-refractivity contribution in [3.8, 4) is 0 Å². The van der Waals surface area contributed by atoms with Crippen LogP contribution in [0.4, 0.5) is 0 Å². The fraction of sp³-hybridized carbons (Fsp3) is 0.208. The Morgan fingerprint density at radius 1 is 0.968 bits per heavy atom. The fourth-order valence-corrected chi connectivity index (χ4v) is 5.88. The normalized spacial score (nSPS) is 12.8. The van der Waals surface area contributed by atoms with Gasteiger partial charge >= 0.3 is 4.87 Å². The van der Waals surface area contributed by atoms with Crippen LogP contribution in [0.2, 0.25) is 0 Å². The number of thiazole rings is 1. The van der Waals surface area contributed by atoms with E-state index >= 15 is 0 Å². The molecule has 0 spiro atoms. The van der Waals surface area contributed by atoms with Crippen molar-refractivity contribution in [2.24, 2.45) is 0 Å². The number of hydrogen-bond donors (Lipinski definition) is 1. The SMILES string of the molecule is CCCn1c(=O)sc2cc(S(=O)(=O)N[C@H](c3ccccc3)c3ccc(C)cc3)ccc21. The first kappa shape index (κ1) is 21.5. The number of aromatic nitrogens is 1. The highest BCUT2D eigenvalue weighted by Gasteiger charge is 2.24. The molecular formula is C24H24N2O3S2. The molecule has 7 heteroatoms. The zero-order valence-electron chi connectivity index (χ0n) is 17.4. The zero-order chi connectivity index (χ0) is 22.0. The second kappa shape index (κ2) is 8.78. The summed E-state index contributed by atoms with van der Waals surface area (Å²) in [6, 6.07) is 21.7. The summed E-state index contributed by atoms with van der Waals surface area (Å²) in [5.74, 6) is 0. The molecule has 0 unspecified atom stereocenters. The van der Waals surface area contributed by atoms with Gasteiger partial charge in [0.1, 0.15) is 0 Å². The minimum absolute atomic E-state index is 0.0684. The number of rotatable bonds is 7. The molecule has 0 aliphatic rings. The molecule has 1 atom stereocenters. The summed E-state index contributed by atoms with van der Waals surface area (Å²) in [6.45, 7) is 4.62. The summed E-state index contributed by atoms with van der Waals surface area (Å²) in [5, 5.41) is 0. The summed E-state index contributed by atoms with van der Waals surface area (Å²) in [6.07, 6.45) is 0.836. The molecule has 1 heterocycles. The molecule has 0 fully saturated rings.